The second kappa shape index (κ2) is 4.63. The first-order valence-electron chi connectivity index (χ1n) is 6.18. The third kappa shape index (κ3) is 2.16. The minimum Gasteiger partial charge on any atom is -0.330 e. The molecule has 2 heterocycles. The van der Waals surface area contributed by atoms with Gasteiger partial charge in [0, 0.05) is 0 Å². The van der Waals surface area contributed by atoms with Gasteiger partial charge in [-0.05, 0) is 37.2 Å². The van der Waals surface area contributed by atoms with Crippen molar-refractivity contribution in [1.29, 1.82) is 0 Å². The van der Waals surface area contributed by atoms with Crippen LogP contribution in [-0.4, -0.2) is 29.5 Å². The van der Waals surface area contributed by atoms with Gasteiger partial charge >= 0.3 is 0 Å². The number of imidazole rings is 1. The SMILES string of the molecule is O=S1(=O)CCCC(n2c(=S)[nH]c3ccc(F)c(F)c32)C1. The van der Waals surface area contributed by atoms with Crippen LogP contribution in [0, 0.1) is 16.4 Å². The van der Waals surface area contributed by atoms with Crippen LogP contribution < -0.4 is 0 Å². The minimum atomic E-state index is -3.16. The van der Waals surface area contributed by atoms with E-state index in [1.807, 2.05) is 0 Å². The summed E-state index contributed by atoms with van der Waals surface area (Å²) in [7, 11) is -3.16. The van der Waals surface area contributed by atoms with Crippen LogP contribution in [0.15, 0.2) is 12.1 Å². The molecule has 2 aromatic rings. The van der Waals surface area contributed by atoms with Crippen LogP contribution >= 0.6 is 12.2 Å². The van der Waals surface area contributed by atoms with Gasteiger partial charge in [0.1, 0.15) is 5.52 Å². The summed E-state index contributed by atoms with van der Waals surface area (Å²) in [5, 5.41) is 0. The molecule has 1 atom stereocenters. The van der Waals surface area contributed by atoms with Crippen molar-refractivity contribution in [2.45, 2.75) is 18.9 Å². The molecule has 3 rings (SSSR count). The molecule has 4 nitrogen and oxygen atoms in total. The number of benzene rings is 1. The van der Waals surface area contributed by atoms with Gasteiger partial charge in [0.2, 0.25) is 0 Å². The Morgan fingerprint density at radius 3 is 2.80 bits per heavy atom. The lowest BCUT2D eigenvalue weighted by atomic mass is 10.1. The van der Waals surface area contributed by atoms with Crippen molar-refractivity contribution < 1.29 is 17.2 Å². The maximum atomic E-state index is 14.0. The molecule has 0 spiro atoms. The summed E-state index contributed by atoms with van der Waals surface area (Å²) in [5.41, 5.74) is 0.383. The van der Waals surface area contributed by atoms with Gasteiger partial charge in [0.25, 0.3) is 0 Å². The van der Waals surface area contributed by atoms with Crippen LogP contribution in [0.5, 0.6) is 0 Å². The Morgan fingerprint density at radius 1 is 1.35 bits per heavy atom. The Labute approximate surface area is 119 Å². The van der Waals surface area contributed by atoms with Gasteiger partial charge in [0.05, 0.1) is 23.1 Å². The Morgan fingerprint density at radius 2 is 2.10 bits per heavy atom. The molecule has 8 heteroatoms. The highest BCUT2D eigenvalue weighted by Crippen LogP contribution is 2.29. The molecule has 0 amide bonds. The average molecular weight is 318 g/mol. The summed E-state index contributed by atoms with van der Waals surface area (Å²) >= 11 is 5.14. The van der Waals surface area contributed by atoms with Crippen LogP contribution in [-0.2, 0) is 9.84 Å². The number of hydrogen-bond donors (Lipinski definition) is 1. The molecule has 1 aromatic carbocycles. The number of fused-ring (bicyclic) bond motifs is 1. The van der Waals surface area contributed by atoms with Crippen LogP contribution in [0.2, 0.25) is 0 Å². The molecule has 1 aliphatic rings. The van der Waals surface area contributed by atoms with Gasteiger partial charge in [0.15, 0.2) is 26.2 Å². The first-order chi connectivity index (χ1) is 9.39. The molecule has 108 valence electrons. The first-order valence-corrected chi connectivity index (χ1v) is 8.40. The average Bonchev–Trinajstić information content (AvgIpc) is 2.70. The van der Waals surface area contributed by atoms with Gasteiger partial charge < -0.3 is 9.55 Å². The van der Waals surface area contributed by atoms with Crippen LogP contribution in [0.4, 0.5) is 8.78 Å². The summed E-state index contributed by atoms with van der Waals surface area (Å²) in [6, 6.07) is 1.97. The van der Waals surface area contributed by atoms with E-state index in [2.05, 4.69) is 4.98 Å². The summed E-state index contributed by atoms with van der Waals surface area (Å²) in [5.74, 6) is -1.93. The monoisotopic (exact) mass is 318 g/mol. The zero-order chi connectivity index (χ0) is 14.5. The van der Waals surface area contributed by atoms with E-state index < -0.39 is 27.5 Å². The highest BCUT2D eigenvalue weighted by Gasteiger charge is 2.28. The Balaban J connectivity index is 2.23. The van der Waals surface area contributed by atoms with E-state index in [4.69, 9.17) is 12.2 Å². The molecule has 1 fully saturated rings. The van der Waals surface area contributed by atoms with E-state index in [1.165, 1.54) is 10.6 Å². The topological polar surface area (TPSA) is 54.9 Å². The first kappa shape index (κ1) is 13.7. The fourth-order valence-corrected chi connectivity index (χ4v) is 4.73. The molecule has 0 bridgehead atoms. The zero-order valence-electron chi connectivity index (χ0n) is 10.4. The summed E-state index contributed by atoms with van der Waals surface area (Å²) < 4.78 is 52.5. The predicted octanol–water partition coefficient (Wildman–Crippen LogP) is 2.73. The number of rotatable bonds is 1. The molecule has 20 heavy (non-hydrogen) atoms. The lowest BCUT2D eigenvalue weighted by molar-refractivity contribution is 0.463. The Bertz CT molecular complexity index is 839. The number of sulfone groups is 1. The molecular weight excluding hydrogens is 306 g/mol. The third-order valence-corrected chi connectivity index (χ3v) is 5.68. The van der Waals surface area contributed by atoms with E-state index in [-0.39, 0.29) is 21.8 Å². The normalized spacial score (nSPS) is 22.2. The van der Waals surface area contributed by atoms with Crippen LogP contribution in [0.25, 0.3) is 11.0 Å². The van der Waals surface area contributed by atoms with E-state index in [0.717, 1.165) is 6.07 Å². The van der Waals surface area contributed by atoms with Crippen molar-refractivity contribution >= 4 is 33.1 Å². The summed E-state index contributed by atoms with van der Waals surface area (Å²) in [6.45, 7) is 0. The van der Waals surface area contributed by atoms with E-state index in [1.54, 1.807) is 0 Å². The summed E-state index contributed by atoms with van der Waals surface area (Å²) in [6.07, 6.45) is 1.08. The fourth-order valence-electron chi connectivity index (χ4n) is 2.70. The molecule has 1 N–H and O–H groups in total. The molecule has 0 radical (unpaired) electrons. The van der Waals surface area contributed by atoms with Crippen LogP contribution in [0.3, 0.4) is 0 Å². The van der Waals surface area contributed by atoms with Gasteiger partial charge in [-0.25, -0.2) is 17.2 Å². The van der Waals surface area contributed by atoms with E-state index >= 15 is 0 Å². The number of nitrogens with zero attached hydrogens (tertiary/aromatic N) is 1. The number of hydrogen-bond acceptors (Lipinski definition) is 3. The van der Waals surface area contributed by atoms with Gasteiger partial charge in [-0.3, -0.25) is 0 Å². The quantitative estimate of drug-likeness (QED) is 0.823. The molecule has 1 unspecified atom stereocenters. The van der Waals surface area contributed by atoms with Crippen molar-refractivity contribution in [2.75, 3.05) is 11.5 Å². The third-order valence-electron chi connectivity index (χ3n) is 3.57. The van der Waals surface area contributed by atoms with Gasteiger partial charge in [-0.2, -0.15) is 0 Å². The smallest absolute Gasteiger partial charge is 0.184 e. The van der Waals surface area contributed by atoms with Crippen molar-refractivity contribution in [3.05, 3.63) is 28.5 Å². The highest BCUT2D eigenvalue weighted by molar-refractivity contribution is 7.91. The Hall–Kier alpha value is -1.28. The van der Waals surface area contributed by atoms with E-state index in [0.29, 0.717) is 18.4 Å². The number of H-pyrrole nitrogens is 1. The van der Waals surface area contributed by atoms with Gasteiger partial charge in [-0.15, -0.1) is 0 Å². The van der Waals surface area contributed by atoms with E-state index in [9.17, 15) is 17.2 Å². The number of nitrogens with one attached hydrogen (secondary N) is 1. The van der Waals surface area contributed by atoms with Crippen molar-refractivity contribution in [1.82, 2.24) is 9.55 Å². The standard InChI is InChI=1S/C12H12F2N2O2S2/c13-8-3-4-9-11(10(8)14)16(12(19)15-9)7-2-1-5-20(17,18)6-7/h3-4,7H,1-2,5-6H2,(H,15,19). The Kier molecular flexibility index (Phi) is 3.17. The van der Waals surface area contributed by atoms with Gasteiger partial charge in [-0.1, -0.05) is 0 Å². The fraction of sp³-hybridized carbons (Fsp3) is 0.417. The molecule has 0 aliphatic carbocycles. The molecule has 1 aliphatic heterocycles. The lowest BCUT2D eigenvalue weighted by Crippen LogP contribution is -2.27. The number of halogens is 2. The van der Waals surface area contributed by atoms with Crippen molar-refractivity contribution in [2.24, 2.45) is 0 Å². The molecular formula is C12H12F2N2O2S2. The molecule has 0 saturated carbocycles. The zero-order valence-corrected chi connectivity index (χ0v) is 12.0. The summed E-state index contributed by atoms with van der Waals surface area (Å²) in [4.78, 5) is 2.80. The predicted molar refractivity (Wildman–Crippen MR) is 74.0 cm³/mol. The largest absolute Gasteiger partial charge is 0.330 e. The van der Waals surface area contributed by atoms with Crippen LogP contribution in [0.1, 0.15) is 18.9 Å². The lowest BCUT2D eigenvalue weighted by Gasteiger charge is -2.24. The molecule has 1 aromatic heterocycles. The minimum absolute atomic E-state index is 0.0112. The second-order valence-electron chi connectivity index (χ2n) is 4.97. The van der Waals surface area contributed by atoms with Crippen molar-refractivity contribution in [3.63, 3.8) is 0 Å². The highest BCUT2D eigenvalue weighted by atomic mass is 32.2. The maximum Gasteiger partial charge on any atom is 0.184 e. The number of aromatic nitrogens is 2. The number of aromatic amines is 1. The molecule has 1 saturated heterocycles. The second-order valence-corrected chi connectivity index (χ2v) is 7.58. The van der Waals surface area contributed by atoms with Crippen molar-refractivity contribution in [3.8, 4) is 0 Å². The maximum absolute atomic E-state index is 14.0.